The van der Waals surface area contributed by atoms with E-state index in [0.717, 1.165) is 36.6 Å². The van der Waals surface area contributed by atoms with Crippen molar-refractivity contribution >= 4 is 47.3 Å². The second-order valence-electron chi connectivity index (χ2n) is 7.11. The third-order valence-electron chi connectivity index (χ3n) is 5.37. The molecule has 0 aliphatic carbocycles. The van der Waals surface area contributed by atoms with Gasteiger partial charge in [0.25, 0.3) is 0 Å². The number of benzene rings is 2. The van der Waals surface area contributed by atoms with Gasteiger partial charge in [-0.15, -0.1) is 24.8 Å². The summed E-state index contributed by atoms with van der Waals surface area (Å²) in [6.07, 6.45) is 1.02. The Morgan fingerprint density at radius 3 is 2.48 bits per heavy atom. The zero-order chi connectivity index (χ0) is 17.4. The van der Waals surface area contributed by atoms with Gasteiger partial charge in [-0.2, -0.15) is 0 Å². The Balaban J connectivity index is 0.00000131. The SMILES string of the molecule is CN1CCN(C)[C@@H](Cc2c(-c3ccccc3)[nH]c3c(Cl)cccc23)C1.Cl.Cl. The number of nitrogens with one attached hydrogen (secondary N) is 1. The number of piperazine rings is 1. The van der Waals surface area contributed by atoms with Crippen molar-refractivity contribution < 1.29 is 0 Å². The maximum atomic E-state index is 6.47. The smallest absolute Gasteiger partial charge is 0.0651 e. The second kappa shape index (κ2) is 9.31. The largest absolute Gasteiger partial charge is 0.353 e. The molecule has 27 heavy (non-hydrogen) atoms. The molecule has 4 rings (SSSR count). The van der Waals surface area contributed by atoms with Gasteiger partial charge in [0, 0.05) is 36.8 Å². The van der Waals surface area contributed by atoms with Crippen molar-refractivity contribution in [1.29, 1.82) is 0 Å². The highest BCUT2D eigenvalue weighted by atomic mass is 35.5. The Labute approximate surface area is 178 Å². The third kappa shape index (κ3) is 4.44. The predicted molar refractivity (Wildman–Crippen MR) is 121 cm³/mol. The van der Waals surface area contributed by atoms with E-state index >= 15 is 0 Å². The van der Waals surface area contributed by atoms with Gasteiger partial charge in [0.15, 0.2) is 0 Å². The molecule has 0 amide bonds. The van der Waals surface area contributed by atoms with Crippen LogP contribution >= 0.6 is 36.4 Å². The van der Waals surface area contributed by atoms with Crippen molar-refractivity contribution in [2.24, 2.45) is 0 Å². The van der Waals surface area contributed by atoms with Crippen molar-refractivity contribution in [2.75, 3.05) is 33.7 Å². The Morgan fingerprint density at radius 1 is 1.00 bits per heavy atom. The van der Waals surface area contributed by atoms with Gasteiger partial charge in [0.05, 0.1) is 10.5 Å². The predicted octanol–water partition coefficient (Wildman–Crippen LogP) is 5.12. The van der Waals surface area contributed by atoms with Crippen LogP contribution < -0.4 is 0 Å². The Kier molecular flexibility index (Phi) is 7.61. The molecule has 1 N–H and O–H groups in total. The lowest BCUT2D eigenvalue weighted by Gasteiger charge is -2.38. The number of fused-ring (bicyclic) bond motifs is 1. The number of halogens is 3. The van der Waals surface area contributed by atoms with Crippen LogP contribution in [0, 0.1) is 0 Å². The van der Waals surface area contributed by atoms with Crippen molar-refractivity contribution in [3.05, 3.63) is 59.1 Å². The third-order valence-corrected chi connectivity index (χ3v) is 5.69. The summed E-state index contributed by atoms with van der Waals surface area (Å²) in [6, 6.07) is 17.3. The van der Waals surface area contributed by atoms with Gasteiger partial charge in [-0.3, -0.25) is 0 Å². The second-order valence-corrected chi connectivity index (χ2v) is 7.51. The van der Waals surface area contributed by atoms with E-state index in [1.165, 1.54) is 22.2 Å². The van der Waals surface area contributed by atoms with Crippen LogP contribution in [-0.4, -0.2) is 54.6 Å². The summed E-state index contributed by atoms with van der Waals surface area (Å²) < 4.78 is 0. The van der Waals surface area contributed by atoms with Gasteiger partial charge in [-0.25, -0.2) is 0 Å². The van der Waals surface area contributed by atoms with Crippen molar-refractivity contribution in [3.63, 3.8) is 0 Å². The molecule has 1 aromatic heterocycles. The maximum absolute atomic E-state index is 6.47. The molecule has 0 radical (unpaired) electrons. The summed E-state index contributed by atoms with van der Waals surface area (Å²) in [4.78, 5) is 8.51. The van der Waals surface area contributed by atoms with E-state index < -0.39 is 0 Å². The number of nitrogens with zero attached hydrogens (tertiary/aromatic N) is 2. The van der Waals surface area contributed by atoms with E-state index in [9.17, 15) is 0 Å². The highest BCUT2D eigenvalue weighted by molar-refractivity contribution is 6.35. The zero-order valence-corrected chi connectivity index (χ0v) is 18.0. The number of hydrogen-bond donors (Lipinski definition) is 1. The fourth-order valence-corrected chi connectivity index (χ4v) is 4.08. The average Bonchev–Trinajstić information content (AvgIpc) is 2.99. The van der Waals surface area contributed by atoms with Crippen molar-refractivity contribution in [2.45, 2.75) is 12.5 Å². The van der Waals surface area contributed by atoms with Crippen LogP contribution in [0.25, 0.3) is 22.2 Å². The molecule has 1 atom stereocenters. The number of aromatic nitrogens is 1. The van der Waals surface area contributed by atoms with Crippen LogP contribution in [0.1, 0.15) is 5.56 Å². The maximum Gasteiger partial charge on any atom is 0.0651 e. The van der Waals surface area contributed by atoms with Gasteiger partial charge in [0.1, 0.15) is 0 Å². The van der Waals surface area contributed by atoms with E-state index in [1.807, 2.05) is 12.1 Å². The van der Waals surface area contributed by atoms with E-state index in [0.29, 0.717) is 6.04 Å². The molecule has 0 spiro atoms. The van der Waals surface area contributed by atoms with Gasteiger partial charge < -0.3 is 14.8 Å². The summed E-state index contributed by atoms with van der Waals surface area (Å²) >= 11 is 6.47. The topological polar surface area (TPSA) is 22.3 Å². The lowest BCUT2D eigenvalue weighted by Crippen LogP contribution is -2.50. The molecular weight excluding hydrogens is 401 g/mol. The molecule has 2 aromatic carbocycles. The molecular formula is C21H26Cl3N3. The summed E-state index contributed by atoms with van der Waals surface area (Å²) in [5, 5.41) is 2.03. The summed E-state index contributed by atoms with van der Waals surface area (Å²) in [5.41, 5.74) is 4.84. The van der Waals surface area contributed by atoms with Crippen LogP contribution in [0.5, 0.6) is 0 Å². The average molecular weight is 427 g/mol. The van der Waals surface area contributed by atoms with Crippen LogP contribution in [0.3, 0.4) is 0 Å². The fraction of sp³-hybridized carbons (Fsp3) is 0.333. The minimum absolute atomic E-state index is 0. The number of likely N-dealkylation sites (N-methyl/N-ethyl adjacent to an activating group) is 2. The van der Waals surface area contributed by atoms with Crippen LogP contribution in [0.2, 0.25) is 5.02 Å². The molecule has 1 aliphatic heterocycles. The first kappa shape index (κ1) is 22.1. The lowest BCUT2D eigenvalue weighted by atomic mass is 9.97. The van der Waals surface area contributed by atoms with Gasteiger partial charge in [0.2, 0.25) is 0 Å². The highest BCUT2D eigenvalue weighted by Crippen LogP contribution is 2.35. The molecule has 3 nitrogen and oxygen atoms in total. The van der Waals surface area contributed by atoms with Gasteiger partial charge >= 0.3 is 0 Å². The Bertz CT molecular complexity index is 879. The van der Waals surface area contributed by atoms with E-state index in [-0.39, 0.29) is 24.8 Å². The summed E-state index contributed by atoms with van der Waals surface area (Å²) in [5.74, 6) is 0. The first-order valence-corrected chi connectivity index (χ1v) is 9.24. The quantitative estimate of drug-likeness (QED) is 0.628. The monoisotopic (exact) mass is 425 g/mol. The van der Waals surface area contributed by atoms with Crippen LogP contribution in [0.4, 0.5) is 0 Å². The van der Waals surface area contributed by atoms with E-state index in [1.54, 1.807) is 0 Å². The fourth-order valence-electron chi connectivity index (χ4n) is 3.86. The normalized spacial score (nSPS) is 18.1. The molecule has 1 fully saturated rings. The zero-order valence-electron chi connectivity index (χ0n) is 15.6. The minimum Gasteiger partial charge on any atom is -0.353 e. The molecule has 6 heteroatoms. The Hall–Kier alpha value is -1.23. The molecule has 0 saturated carbocycles. The molecule has 1 aliphatic rings. The minimum atomic E-state index is 0. The van der Waals surface area contributed by atoms with Crippen molar-refractivity contribution in [1.82, 2.24) is 14.8 Å². The van der Waals surface area contributed by atoms with Gasteiger partial charge in [-0.1, -0.05) is 54.1 Å². The van der Waals surface area contributed by atoms with Gasteiger partial charge in [-0.05, 0) is 37.7 Å². The van der Waals surface area contributed by atoms with Crippen LogP contribution in [0.15, 0.2) is 48.5 Å². The summed E-state index contributed by atoms with van der Waals surface area (Å²) in [6.45, 7) is 3.35. The standard InChI is InChI=1S/C21H24ClN3.2ClH/c1-24-11-12-25(2)16(14-24)13-18-17-9-6-10-19(22)21(17)23-20(18)15-7-4-3-5-8-15;;/h3-10,16,23H,11-14H2,1-2H3;2*1H/t16-;;/m0../s1. The molecule has 0 unspecified atom stereocenters. The van der Waals surface area contributed by atoms with E-state index in [4.69, 9.17) is 11.6 Å². The Morgan fingerprint density at radius 2 is 1.74 bits per heavy atom. The first-order valence-electron chi connectivity index (χ1n) is 8.87. The van der Waals surface area contributed by atoms with Crippen LogP contribution in [-0.2, 0) is 6.42 Å². The van der Waals surface area contributed by atoms with E-state index in [2.05, 4.69) is 65.3 Å². The highest BCUT2D eigenvalue weighted by Gasteiger charge is 2.25. The molecule has 1 saturated heterocycles. The summed E-state index contributed by atoms with van der Waals surface area (Å²) in [7, 11) is 4.45. The molecule has 146 valence electrons. The number of rotatable bonds is 3. The number of hydrogen-bond acceptors (Lipinski definition) is 2. The first-order chi connectivity index (χ1) is 12.1. The molecule has 0 bridgehead atoms. The molecule has 2 heterocycles. The van der Waals surface area contributed by atoms with Crippen molar-refractivity contribution in [3.8, 4) is 11.3 Å². The number of H-pyrrole nitrogens is 1. The number of para-hydroxylation sites is 1. The lowest BCUT2D eigenvalue weighted by molar-refractivity contribution is 0.115. The number of aromatic amines is 1. The molecule has 3 aromatic rings.